The van der Waals surface area contributed by atoms with Crippen molar-refractivity contribution in [3.63, 3.8) is 0 Å². The number of benzene rings is 1. The Bertz CT molecular complexity index is 529. The molecule has 0 saturated heterocycles. The third-order valence-corrected chi connectivity index (χ3v) is 3.00. The minimum Gasteiger partial charge on any atom is -0.493 e. The van der Waals surface area contributed by atoms with Crippen molar-refractivity contribution in [1.82, 2.24) is 4.98 Å². The van der Waals surface area contributed by atoms with Crippen LogP contribution in [0, 0.1) is 0 Å². The second-order valence-corrected chi connectivity index (χ2v) is 4.71. The number of pyridine rings is 1. The van der Waals surface area contributed by atoms with Crippen LogP contribution in [0.3, 0.4) is 0 Å². The van der Waals surface area contributed by atoms with Crippen molar-refractivity contribution in [1.29, 1.82) is 0 Å². The number of ether oxygens (including phenoxy) is 1. The molecule has 0 fully saturated rings. The number of hydrogen-bond donors (Lipinski definition) is 1. The van der Waals surface area contributed by atoms with Gasteiger partial charge in [-0.1, -0.05) is 17.7 Å². The third-order valence-electron chi connectivity index (χ3n) is 2.76. The van der Waals surface area contributed by atoms with Crippen LogP contribution >= 0.6 is 11.6 Å². The molecule has 19 heavy (non-hydrogen) atoms. The first kappa shape index (κ1) is 13.8. The molecule has 2 aromatic rings. The Balaban J connectivity index is 2.00. The van der Waals surface area contributed by atoms with E-state index in [4.69, 9.17) is 16.3 Å². The lowest BCUT2D eigenvalue weighted by molar-refractivity contribution is 0.191. The summed E-state index contributed by atoms with van der Waals surface area (Å²) < 4.78 is 5.70. The van der Waals surface area contributed by atoms with Gasteiger partial charge in [0.25, 0.3) is 0 Å². The van der Waals surface area contributed by atoms with Gasteiger partial charge in [-0.2, -0.15) is 0 Å². The van der Waals surface area contributed by atoms with Crippen molar-refractivity contribution in [3.8, 4) is 5.75 Å². The van der Waals surface area contributed by atoms with E-state index in [2.05, 4.69) is 4.98 Å². The first-order chi connectivity index (χ1) is 9.16. The van der Waals surface area contributed by atoms with Gasteiger partial charge in [-0.3, -0.25) is 4.98 Å². The van der Waals surface area contributed by atoms with Gasteiger partial charge < -0.3 is 9.84 Å². The third kappa shape index (κ3) is 3.94. The van der Waals surface area contributed by atoms with Crippen LogP contribution in [0.25, 0.3) is 0 Å². The maximum absolute atomic E-state index is 9.69. The van der Waals surface area contributed by atoms with Crippen LogP contribution in [0.15, 0.2) is 42.6 Å². The molecule has 1 atom stereocenters. The predicted octanol–water partition coefficient (Wildman–Crippen LogP) is 3.41. The number of hydrogen-bond acceptors (Lipinski definition) is 3. The number of halogens is 1. The van der Waals surface area contributed by atoms with E-state index in [1.165, 1.54) is 0 Å². The second kappa shape index (κ2) is 6.55. The van der Waals surface area contributed by atoms with E-state index in [9.17, 15) is 5.11 Å². The largest absolute Gasteiger partial charge is 0.493 e. The highest BCUT2D eigenvalue weighted by Gasteiger charge is 2.10. The van der Waals surface area contributed by atoms with E-state index in [0.29, 0.717) is 22.9 Å². The molecule has 1 aromatic carbocycles. The van der Waals surface area contributed by atoms with E-state index in [0.717, 1.165) is 12.1 Å². The summed E-state index contributed by atoms with van der Waals surface area (Å²) >= 11 is 5.91. The zero-order chi connectivity index (χ0) is 13.7. The molecule has 0 unspecified atom stereocenters. The molecule has 1 aromatic heterocycles. The van der Waals surface area contributed by atoms with E-state index < -0.39 is 6.10 Å². The summed E-state index contributed by atoms with van der Waals surface area (Å²) in [5, 5.41) is 10.3. The van der Waals surface area contributed by atoms with Crippen LogP contribution in [0.2, 0.25) is 5.02 Å². The van der Waals surface area contributed by atoms with E-state index >= 15 is 0 Å². The molecule has 100 valence electrons. The van der Waals surface area contributed by atoms with Gasteiger partial charge in [0, 0.05) is 28.9 Å². The van der Waals surface area contributed by atoms with Crippen LogP contribution in [0.4, 0.5) is 0 Å². The molecule has 0 radical (unpaired) electrons. The van der Waals surface area contributed by atoms with E-state index in [-0.39, 0.29) is 0 Å². The fourth-order valence-electron chi connectivity index (χ4n) is 1.79. The molecule has 0 aliphatic rings. The Morgan fingerprint density at radius 3 is 2.84 bits per heavy atom. The predicted molar refractivity (Wildman–Crippen MR) is 75.5 cm³/mol. The smallest absolute Gasteiger partial charge is 0.125 e. The lowest BCUT2D eigenvalue weighted by atomic mass is 10.1. The molecular weight excluding hydrogens is 262 g/mol. The molecular formula is C15H16ClNO2. The van der Waals surface area contributed by atoms with Gasteiger partial charge in [0.1, 0.15) is 5.75 Å². The quantitative estimate of drug-likeness (QED) is 0.911. The fraction of sp³-hybridized carbons (Fsp3) is 0.267. The molecule has 0 amide bonds. The SMILES string of the molecule is C[C@@H](O)c1cc(Cl)ccc1OCCc1ccccn1. The van der Waals surface area contributed by atoms with E-state index in [1.807, 2.05) is 18.2 Å². The summed E-state index contributed by atoms with van der Waals surface area (Å²) in [6, 6.07) is 11.1. The van der Waals surface area contributed by atoms with Crippen LogP contribution in [0.5, 0.6) is 5.75 Å². The minimum atomic E-state index is -0.608. The fourth-order valence-corrected chi connectivity index (χ4v) is 1.97. The molecule has 1 N–H and O–H groups in total. The van der Waals surface area contributed by atoms with Gasteiger partial charge in [0.2, 0.25) is 0 Å². The standard InChI is InChI=1S/C15H16ClNO2/c1-11(18)14-10-12(16)5-6-15(14)19-9-7-13-4-2-3-8-17-13/h2-6,8,10-11,18H,7,9H2,1H3/t11-/m1/s1. The number of aliphatic hydroxyl groups is 1. The number of nitrogens with zero attached hydrogens (tertiary/aromatic N) is 1. The highest BCUT2D eigenvalue weighted by molar-refractivity contribution is 6.30. The van der Waals surface area contributed by atoms with Gasteiger partial charge in [0.15, 0.2) is 0 Å². The lowest BCUT2D eigenvalue weighted by Gasteiger charge is -2.13. The van der Waals surface area contributed by atoms with Crippen LogP contribution in [0.1, 0.15) is 24.3 Å². The zero-order valence-electron chi connectivity index (χ0n) is 10.7. The molecule has 0 spiro atoms. The maximum Gasteiger partial charge on any atom is 0.125 e. The molecule has 2 rings (SSSR count). The molecule has 0 aliphatic carbocycles. The van der Waals surface area contributed by atoms with Crippen molar-refractivity contribution in [2.24, 2.45) is 0 Å². The normalized spacial score (nSPS) is 12.2. The van der Waals surface area contributed by atoms with Crippen LogP contribution in [-0.4, -0.2) is 16.7 Å². The number of aliphatic hydroxyl groups excluding tert-OH is 1. The van der Waals surface area contributed by atoms with E-state index in [1.54, 1.807) is 31.3 Å². The Labute approximate surface area is 117 Å². The summed E-state index contributed by atoms with van der Waals surface area (Å²) in [5.41, 5.74) is 1.68. The topological polar surface area (TPSA) is 42.4 Å². The molecule has 0 bridgehead atoms. The summed E-state index contributed by atoms with van der Waals surface area (Å²) in [4.78, 5) is 4.23. The Morgan fingerprint density at radius 1 is 1.32 bits per heavy atom. The summed E-state index contributed by atoms with van der Waals surface area (Å²) in [6.07, 6.45) is 1.88. The zero-order valence-corrected chi connectivity index (χ0v) is 11.5. The van der Waals surface area contributed by atoms with Gasteiger partial charge >= 0.3 is 0 Å². The Kier molecular flexibility index (Phi) is 4.77. The summed E-state index contributed by atoms with van der Waals surface area (Å²) in [5.74, 6) is 0.662. The minimum absolute atomic E-state index is 0.512. The molecule has 4 heteroatoms. The maximum atomic E-state index is 9.69. The van der Waals surface area contributed by atoms with Crippen molar-refractivity contribution < 1.29 is 9.84 Å². The van der Waals surface area contributed by atoms with Gasteiger partial charge in [0.05, 0.1) is 12.7 Å². The summed E-state index contributed by atoms with van der Waals surface area (Å²) in [7, 11) is 0. The first-order valence-electron chi connectivity index (χ1n) is 6.17. The average Bonchev–Trinajstić information content (AvgIpc) is 2.41. The molecule has 1 heterocycles. The monoisotopic (exact) mass is 277 g/mol. The van der Waals surface area contributed by atoms with Gasteiger partial charge in [-0.25, -0.2) is 0 Å². The van der Waals surface area contributed by atoms with Gasteiger partial charge in [-0.15, -0.1) is 0 Å². The molecule has 0 saturated carbocycles. The van der Waals surface area contributed by atoms with Crippen LogP contribution < -0.4 is 4.74 Å². The highest BCUT2D eigenvalue weighted by Crippen LogP contribution is 2.28. The lowest BCUT2D eigenvalue weighted by Crippen LogP contribution is -2.05. The molecule has 3 nitrogen and oxygen atoms in total. The van der Waals surface area contributed by atoms with Gasteiger partial charge in [-0.05, 0) is 37.3 Å². The summed E-state index contributed by atoms with van der Waals surface area (Å²) in [6.45, 7) is 2.20. The number of aromatic nitrogens is 1. The second-order valence-electron chi connectivity index (χ2n) is 4.28. The Morgan fingerprint density at radius 2 is 2.16 bits per heavy atom. The van der Waals surface area contributed by atoms with Crippen molar-refractivity contribution in [2.75, 3.05) is 6.61 Å². The first-order valence-corrected chi connectivity index (χ1v) is 6.55. The average molecular weight is 278 g/mol. The highest BCUT2D eigenvalue weighted by atomic mass is 35.5. The van der Waals surface area contributed by atoms with Crippen molar-refractivity contribution in [3.05, 3.63) is 58.9 Å². The molecule has 0 aliphatic heterocycles. The van der Waals surface area contributed by atoms with Crippen molar-refractivity contribution >= 4 is 11.6 Å². The van der Waals surface area contributed by atoms with Crippen molar-refractivity contribution in [2.45, 2.75) is 19.4 Å². The number of rotatable bonds is 5. The Hall–Kier alpha value is -1.58. The van der Waals surface area contributed by atoms with Crippen LogP contribution in [-0.2, 0) is 6.42 Å².